The SMILES string of the molecule is CCC(C)N(C)C(N)=NC(C)(C)C. The molecule has 2 N–H and O–H groups in total. The van der Waals surface area contributed by atoms with Gasteiger partial charge in [-0.1, -0.05) is 6.92 Å². The summed E-state index contributed by atoms with van der Waals surface area (Å²) in [6.07, 6.45) is 1.08. The Bertz CT molecular complexity index is 179. The van der Waals surface area contributed by atoms with E-state index in [0.717, 1.165) is 6.42 Å². The summed E-state index contributed by atoms with van der Waals surface area (Å²) in [5.74, 6) is 0.627. The zero-order valence-corrected chi connectivity index (χ0v) is 9.76. The van der Waals surface area contributed by atoms with Gasteiger partial charge in [-0.15, -0.1) is 0 Å². The van der Waals surface area contributed by atoms with Crippen molar-refractivity contribution in [2.75, 3.05) is 7.05 Å². The third-order valence-electron chi connectivity index (χ3n) is 2.06. The molecule has 0 aromatic carbocycles. The number of hydrogen-bond donors (Lipinski definition) is 1. The summed E-state index contributed by atoms with van der Waals surface area (Å²) in [4.78, 5) is 6.42. The van der Waals surface area contributed by atoms with Crippen molar-refractivity contribution in [3.8, 4) is 0 Å². The topological polar surface area (TPSA) is 41.6 Å². The predicted octanol–water partition coefficient (Wildman–Crippen LogP) is 1.83. The maximum atomic E-state index is 5.86. The van der Waals surface area contributed by atoms with Gasteiger partial charge in [-0.25, -0.2) is 4.99 Å². The lowest BCUT2D eigenvalue weighted by molar-refractivity contribution is 0.370. The van der Waals surface area contributed by atoms with E-state index in [1.807, 2.05) is 32.7 Å². The number of nitrogens with zero attached hydrogens (tertiary/aromatic N) is 2. The minimum Gasteiger partial charge on any atom is -0.370 e. The monoisotopic (exact) mass is 185 g/mol. The van der Waals surface area contributed by atoms with Crippen LogP contribution in [0, 0.1) is 0 Å². The first kappa shape index (κ1) is 12.3. The van der Waals surface area contributed by atoms with E-state index in [1.165, 1.54) is 0 Å². The normalized spacial score (nSPS) is 15.7. The highest BCUT2D eigenvalue weighted by molar-refractivity contribution is 5.78. The van der Waals surface area contributed by atoms with E-state index in [-0.39, 0.29) is 5.54 Å². The third kappa shape index (κ3) is 4.76. The second kappa shape index (κ2) is 4.49. The Morgan fingerprint density at radius 3 is 2.23 bits per heavy atom. The molecule has 0 saturated carbocycles. The number of rotatable bonds is 2. The smallest absolute Gasteiger partial charge is 0.191 e. The van der Waals surface area contributed by atoms with Crippen LogP contribution in [0.4, 0.5) is 0 Å². The fourth-order valence-corrected chi connectivity index (χ4v) is 0.922. The molecule has 0 bridgehead atoms. The van der Waals surface area contributed by atoms with Crippen LogP contribution in [0.5, 0.6) is 0 Å². The number of nitrogens with two attached hydrogens (primary N) is 1. The zero-order chi connectivity index (χ0) is 10.6. The Hall–Kier alpha value is -0.730. The molecule has 1 atom stereocenters. The molecule has 0 amide bonds. The van der Waals surface area contributed by atoms with Crippen LogP contribution >= 0.6 is 0 Å². The van der Waals surface area contributed by atoms with E-state index < -0.39 is 0 Å². The van der Waals surface area contributed by atoms with Crippen molar-refractivity contribution in [1.29, 1.82) is 0 Å². The van der Waals surface area contributed by atoms with Gasteiger partial charge in [0, 0.05) is 13.1 Å². The van der Waals surface area contributed by atoms with Crippen LogP contribution in [-0.4, -0.2) is 29.5 Å². The van der Waals surface area contributed by atoms with Gasteiger partial charge < -0.3 is 10.6 Å². The molecule has 0 aliphatic carbocycles. The number of aliphatic imine (C=N–C) groups is 1. The first-order valence-electron chi connectivity index (χ1n) is 4.86. The Kier molecular flexibility index (Phi) is 4.24. The van der Waals surface area contributed by atoms with Crippen molar-refractivity contribution in [3.05, 3.63) is 0 Å². The van der Waals surface area contributed by atoms with Crippen molar-refractivity contribution in [2.45, 2.75) is 52.6 Å². The Morgan fingerprint density at radius 2 is 1.92 bits per heavy atom. The van der Waals surface area contributed by atoms with Crippen molar-refractivity contribution < 1.29 is 0 Å². The van der Waals surface area contributed by atoms with Crippen molar-refractivity contribution in [1.82, 2.24) is 4.90 Å². The minimum absolute atomic E-state index is 0.0915. The molecule has 0 fully saturated rings. The molecule has 0 aromatic rings. The maximum absolute atomic E-state index is 5.86. The molecule has 1 unspecified atom stereocenters. The van der Waals surface area contributed by atoms with Crippen LogP contribution in [0.1, 0.15) is 41.0 Å². The summed E-state index contributed by atoms with van der Waals surface area (Å²) >= 11 is 0. The van der Waals surface area contributed by atoms with Crippen molar-refractivity contribution >= 4 is 5.96 Å². The van der Waals surface area contributed by atoms with Crippen LogP contribution in [0.2, 0.25) is 0 Å². The molecule has 0 radical (unpaired) electrons. The quantitative estimate of drug-likeness (QED) is 0.527. The van der Waals surface area contributed by atoms with Gasteiger partial charge >= 0.3 is 0 Å². The van der Waals surface area contributed by atoms with Crippen molar-refractivity contribution in [2.24, 2.45) is 10.7 Å². The average molecular weight is 185 g/mol. The molecule has 0 aromatic heterocycles. The van der Waals surface area contributed by atoms with Gasteiger partial charge in [0.2, 0.25) is 0 Å². The summed E-state index contributed by atoms with van der Waals surface area (Å²) in [6, 6.07) is 0.450. The van der Waals surface area contributed by atoms with Gasteiger partial charge in [-0.3, -0.25) is 0 Å². The molecule has 0 saturated heterocycles. The molecule has 3 heteroatoms. The van der Waals surface area contributed by atoms with Crippen molar-refractivity contribution in [3.63, 3.8) is 0 Å². The van der Waals surface area contributed by atoms with Gasteiger partial charge in [0.15, 0.2) is 5.96 Å². The van der Waals surface area contributed by atoms with Gasteiger partial charge in [0.25, 0.3) is 0 Å². The maximum Gasteiger partial charge on any atom is 0.191 e. The summed E-state index contributed by atoms with van der Waals surface area (Å²) in [7, 11) is 1.98. The molecule has 0 spiro atoms. The first-order valence-corrected chi connectivity index (χ1v) is 4.86. The second-order valence-electron chi connectivity index (χ2n) is 4.51. The fourth-order valence-electron chi connectivity index (χ4n) is 0.922. The fraction of sp³-hybridized carbons (Fsp3) is 0.900. The van der Waals surface area contributed by atoms with Gasteiger partial charge in [0.1, 0.15) is 0 Å². The summed E-state index contributed by atoms with van der Waals surface area (Å²) in [6.45, 7) is 10.4. The lowest BCUT2D eigenvalue weighted by Crippen LogP contribution is -2.41. The highest BCUT2D eigenvalue weighted by Gasteiger charge is 2.13. The van der Waals surface area contributed by atoms with Gasteiger partial charge in [-0.2, -0.15) is 0 Å². The highest BCUT2D eigenvalue weighted by Crippen LogP contribution is 2.08. The lowest BCUT2D eigenvalue weighted by Gasteiger charge is -2.26. The second-order valence-corrected chi connectivity index (χ2v) is 4.51. The highest BCUT2D eigenvalue weighted by atomic mass is 15.3. The molecule has 13 heavy (non-hydrogen) atoms. The molecular formula is C10H23N3. The molecule has 78 valence electrons. The van der Waals surface area contributed by atoms with E-state index >= 15 is 0 Å². The Balaban J connectivity index is 4.41. The number of hydrogen-bond acceptors (Lipinski definition) is 1. The van der Waals surface area contributed by atoms with Crippen LogP contribution in [-0.2, 0) is 0 Å². The van der Waals surface area contributed by atoms with E-state index in [2.05, 4.69) is 18.8 Å². The number of guanidine groups is 1. The largest absolute Gasteiger partial charge is 0.370 e. The molecule has 0 rings (SSSR count). The van der Waals surface area contributed by atoms with Crippen LogP contribution in [0.25, 0.3) is 0 Å². The van der Waals surface area contributed by atoms with Crippen LogP contribution in [0.15, 0.2) is 4.99 Å². The van der Waals surface area contributed by atoms with E-state index in [1.54, 1.807) is 0 Å². The van der Waals surface area contributed by atoms with E-state index in [9.17, 15) is 0 Å². The zero-order valence-electron chi connectivity index (χ0n) is 9.76. The first-order chi connectivity index (χ1) is 5.78. The standard InChI is InChI=1S/C10H23N3/c1-7-8(2)13(6)9(11)12-10(3,4)5/h8H,7H2,1-6H3,(H2,11,12). The average Bonchev–Trinajstić information content (AvgIpc) is 1.98. The van der Waals surface area contributed by atoms with Gasteiger partial charge in [-0.05, 0) is 34.1 Å². The molecule has 0 aliphatic rings. The Morgan fingerprint density at radius 1 is 1.46 bits per heavy atom. The molecule has 0 heterocycles. The summed E-state index contributed by atoms with van der Waals surface area (Å²) in [5, 5.41) is 0. The van der Waals surface area contributed by atoms with E-state index in [0.29, 0.717) is 12.0 Å². The molecule has 3 nitrogen and oxygen atoms in total. The molecule has 0 aliphatic heterocycles. The van der Waals surface area contributed by atoms with Gasteiger partial charge in [0.05, 0.1) is 5.54 Å². The lowest BCUT2D eigenvalue weighted by atomic mass is 10.1. The predicted molar refractivity (Wildman–Crippen MR) is 58.9 cm³/mol. The third-order valence-corrected chi connectivity index (χ3v) is 2.06. The van der Waals surface area contributed by atoms with E-state index in [4.69, 9.17) is 5.73 Å². The minimum atomic E-state index is -0.0915. The van der Waals surface area contributed by atoms with Crippen LogP contribution in [0.3, 0.4) is 0 Å². The Labute approximate surface area is 82.0 Å². The molecular weight excluding hydrogens is 162 g/mol. The van der Waals surface area contributed by atoms with Crippen LogP contribution < -0.4 is 5.73 Å². The summed E-state index contributed by atoms with van der Waals surface area (Å²) < 4.78 is 0. The summed E-state index contributed by atoms with van der Waals surface area (Å²) in [5.41, 5.74) is 5.76.